The van der Waals surface area contributed by atoms with E-state index in [2.05, 4.69) is 46.6 Å². The molecule has 66 heavy (non-hydrogen) atoms. The molecule has 0 spiro atoms. The van der Waals surface area contributed by atoms with Gasteiger partial charge < -0.3 is 49.1 Å². The van der Waals surface area contributed by atoms with Gasteiger partial charge in [-0.05, 0) is 78.0 Å². The molecule has 3 amide bonds. The average Bonchev–Trinajstić information content (AvgIpc) is 3.31. The summed E-state index contributed by atoms with van der Waals surface area (Å²) in [6.45, 7) is 12.7. The summed E-state index contributed by atoms with van der Waals surface area (Å²) in [7, 11) is 4.69. The summed E-state index contributed by atoms with van der Waals surface area (Å²) in [6.07, 6.45) is 3.14. The summed E-state index contributed by atoms with van der Waals surface area (Å²) >= 11 is 0. The molecule has 0 radical (unpaired) electrons. The number of hydrogen-bond donors (Lipinski definition) is 3. The summed E-state index contributed by atoms with van der Waals surface area (Å²) in [5.74, 6) is 1.72. The Morgan fingerprint density at radius 3 is 2.26 bits per heavy atom. The molecule has 352 valence electrons. The Labute approximate surface area is 387 Å². The Kier molecular flexibility index (Phi) is 18.3. The molecule has 0 atom stereocenters. The van der Waals surface area contributed by atoms with E-state index in [-0.39, 0.29) is 17.1 Å². The number of Topliss-reactive ketones (excluding diaryl/α,β-unsaturated/α-hetero) is 1. The van der Waals surface area contributed by atoms with E-state index in [1.165, 1.54) is 7.11 Å². The van der Waals surface area contributed by atoms with E-state index in [1.807, 2.05) is 54.6 Å². The number of benzene rings is 4. The molecule has 1 saturated heterocycles. The number of pyridine rings is 1. The van der Waals surface area contributed by atoms with Gasteiger partial charge in [0, 0.05) is 73.9 Å². The molecule has 5 aromatic rings. The van der Waals surface area contributed by atoms with Gasteiger partial charge in [-0.25, -0.2) is 4.79 Å². The Morgan fingerprint density at radius 2 is 1.52 bits per heavy atom. The van der Waals surface area contributed by atoms with Gasteiger partial charge in [-0.1, -0.05) is 45.0 Å². The van der Waals surface area contributed by atoms with Crippen molar-refractivity contribution in [3.05, 3.63) is 113 Å². The van der Waals surface area contributed by atoms with Crippen molar-refractivity contribution in [3.8, 4) is 23.0 Å². The third-order valence-electron chi connectivity index (χ3n) is 11.0. The van der Waals surface area contributed by atoms with Gasteiger partial charge in [0.1, 0.15) is 17.2 Å². The Morgan fingerprint density at radius 1 is 0.773 bits per heavy atom. The minimum atomic E-state index is -0.495. The Balaban J connectivity index is 1.11. The molecule has 0 unspecified atom stereocenters. The van der Waals surface area contributed by atoms with E-state index < -0.39 is 6.03 Å². The molecule has 0 aliphatic carbocycles. The topological polar surface area (TPSA) is 168 Å². The van der Waals surface area contributed by atoms with Gasteiger partial charge in [0.25, 0.3) is 5.91 Å². The first-order chi connectivity index (χ1) is 31.9. The summed E-state index contributed by atoms with van der Waals surface area (Å²) in [4.78, 5) is 47.5. The van der Waals surface area contributed by atoms with Crippen LogP contribution in [0.3, 0.4) is 0 Å². The van der Waals surface area contributed by atoms with Crippen molar-refractivity contribution in [1.82, 2.24) is 15.2 Å². The van der Waals surface area contributed by atoms with Gasteiger partial charge >= 0.3 is 6.03 Å². The minimum Gasteiger partial charge on any atom is -0.497 e. The molecule has 15 heteroatoms. The third-order valence-corrected chi connectivity index (χ3v) is 11.0. The van der Waals surface area contributed by atoms with Crippen molar-refractivity contribution in [2.75, 3.05) is 104 Å². The number of nitrogens with one attached hydrogen (secondary N) is 3. The van der Waals surface area contributed by atoms with Crippen molar-refractivity contribution in [3.63, 3.8) is 0 Å². The molecule has 15 nitrogen and oxygen atoms in total. The number of rotatable bonds is 23. The van der Waals surface area contributed by atoms with Crippen LogP contribution >= 0.6 is 0 Å². The summed E-state index contributed by atoms with van der Waals surface area (Å²) in [6, 6.07) is 23.5. The second kappa shape index (κ2) is 24.4. The lowest BCUT2D eigenvalue weighted by Crippen LogP contribution is -2.36. The molecule has 6 rings (SSSR count). The lowest BCUT2D eigenvalue weighted by molar-refractivity contribution is 0.0255. The fourth-order valence-electron chi connectivity index (χ4n) is 7.52. The van der Waals surface area contributed by atoms with Gasteiger partial charge in [-0.2, -0.15) is 0 Å². The van der Waals surface area contributed by atoms with E-state index in [9.17, 15) is 14.4 Å². The molecule has 1 aromatic heterocycles. The zero-order valence-corrected chi connectivity index (χ0v) is 39.0. The van der Waals surface area contributed by atoms with Crippen molar-refractivity contribution < 1.29 is 47.5 Å². The molecule has 0 saturated carbocycles. The molecule has 2 heterocycles. The van der Waals surface area contributed by atoms with Crippen molar-refractivity contribution in [2.45, 2.75) is 45.4 Å². The van der Waals surface area contributed by atoms with Gasteiger partial charge in [-0.3, -0.25) is 19.5 Å². The zero-order valence-electron chi connectivity index (χ0n) is 39.0. The number of nitrogens with zero attached hydrogens (tertiary/aromatic N) is 2. The zero-order chi connectivity index (χ0) is 46.9. The second-order valence-electron chi connectivity index (χ2n) is 16.9. The lowest BCUT2D eigenvalue weighted by atomic mass is 9.84. The van der Waals surface area contributed by atoms with Gasteiger partial charge in [0.05, 0.1) is 77.4 Å². The van der Waals surface area contributed by atoms with Crippen LogP contribution in [0, 0.1) is 0 Å². The number of ketones is 1. The van der Waals surface area contributed by atoms with Crippen LogP contribution in [0.2, 0.25) is 0 Å². The molecule has 1 aliphatic rings. The molecule has 4 aromatic carbocycles. The number of morpholine rings is 1. The number of methoxy groups -OCH3 is 3. The Bertz CT molecular complexity index is 2410. The van der Waals surface area contributed by atoms with E-state index in [0.717, 1.165) is 47.2 Å². The molecule has 3 N–H and O–H groups in total. The smallest absolute Gasteiger partial charge is 0.323 e. The maximum atomic E-state index is 13.8. The monoisotopic (exact) mass is 905 g/mol. The van der Waals surface area contributed by atoms with E-state index >= 15 is 0 Å². The summed E-state index contributed by atoms with van der Waals surface area (Å²) < 4.78 is 39.2. The van der Waals surface area contributed by atoms with Crippen LogP contribution in [0.4, 0.5) is 16.2 Å². The molecule has 1 fully saturated rings. The van der Waals surface area contributed by atoms with Crippen LogP contribution in [0.1, 0.15) is 71.1 Å². The Hall–Kier alpha value is -6.10. The number of fused-ring (bicyclic) bond motifs is 1. The quantitative estimate of drug-likeness (QED) is 0.0425. The van der Waals surface area contributed by atoms with E-state index in [0.29, 0.717) is 118 Å². The van der Waals surface area contributed by atoms with Crippen LogP contribution in [0.25, 0.3) is 10.8 Å². The number of ether oxygens (including phenoxy) is 7. The van der Waals surface area contributed by atoms with Crippen molar-refractivity contribution in [2.24, 2.45) is 0 Å². The van der Waals surface area contributed by atoms with Crippen LogP contribution in [-0.4, -0.2) is 121 Å². The summed E-state index contributed by atoms with van der Waals surface area (Å²) in [5.41, 5.74) is 4.00. The molecular formula is C51H63N5O10. The first-order valence-electron chi connectivity index (χ1n) is 22.3. The third kappa shape index (κ3) is 14.2. The number of urea groups is 1. The fraction of sp³-hybridized carbons (Fsp3) is 0.412. The van der Waals surface area contributed by atoms with E-state index in [1.54, 1.807) is 44.7 Å². The van der Waals surface area contributed by atoms with Crippen LogP contribution in [0.5, 0.6) is 23.0 Å². The normalized spacial score (nSPS) is 13.0. The van der Waals surface area contributed by atoms with Crippen molar-refractivity contribution in [1.29, 1.82) is 0 Å². The number of carbonyl (C=O) groups excluding carboxylic acids is 3. The number of anilines is 2. The van der Waals surface area contributed by atoms with Gasteiger partial charge in [-0.15, -0.1) is 0 Å². The number of hydrogen-bond acceptors (Lipinski definition) is 12. The average molecular weight is 906 g/mol. The molecule has 1 aliphatic heterocycles. The first-order valence-corrected chi connectivity index (χ1v) is 22.3. The highest BCUT2D eigenvalue weighted by Crippen LogP contribution is 2.38. The standard InChI is InChI=1S/C51H63N5O10/c1-51(2,3)37-32-43(46(57)12-9-18-56-19-22-64-23-20-56)48(62-6)45(33-37)55-50(59)54-44-13-14-47(42-11-8-7-10-41(42)44)66-39-15-16-52-38(34-39)29-35-28-36(31-40(30-35)61-5)49(58)53-17-21-63-26-27-65-25-24-60-4/h7-8,10-11,13-16,28,30-34H,9,12,17-27,29H2,1-6H3,(H,53,58)(H2,54,55,59). The number of aromatic nitrogens is 1. The van der Waals surface area contributed by atoms with Crippen LogP contribution < -0.4 is 30.2 Å². The van der Waals surface area contributed by atoms with Gasteiger partial charge in [0.2, 0.25) is 0 Å². The predicted octanol–water partition coefficient (Wildman–Crippen LogP) is 8.28. The first kappa shape index (κ1) is 49.3. The van der Waals surface area contributed by atoms with E-state index in [4.69, 9.17) is 33.2 Å². The maximum absolute atomic E-state index is 13.8. The highest BCUT2D eigenvalue weighted by atomic mass is 16.5. The second-order valence-corrected chi connectivity index (χ2v) is 16.9. The minimum absolute atomic E-state index is 0.0401. The highest BCUT2D eigenvalue weighted by Gasteiger charge is 2.25. The molecular weight excluding hydrogens is 843 g/mol. The largest absolute Gasteiger partial charge is 0.497 e. The van der Waals surface area contributed by atoms with Crippen LogP contribution in [-0.2, 0) is 30.8 Å². The maximum Gasteiger partial charge on any atom is 0.323 e. The summed E-state index contributed by atoms with van der Waals surface area (Å²) in [5, 5.41) is 10.4. The van der Waals surface area contributed by atoms with Gasteiger partial charge in [0.15, 0.2) is 11.5 Å². The number of amides is 3. The predicted molar refractivity (Wildman–Crippen MR) is 255 cm³/mol. The molecule has 0 bridgehead atoms. The lowest BCUT2D eigenvalue weighted by Gasteiger charge is -2.26. The van der Waals surface area contributed by atoms with Crippen molar-refractivity contribution >= 4 is 39.9 Å². The number of carbonyl (C=O) groups is 3. The highest BCUT2D eigenvalue weighted by molar-refractivity contribution is 6.09. The fourth-order valence-corrected chi connectivity index (χ4v) is 7.52. The van der Waals surface area contributed by atoms with Crippen LogP contribution in [0.15, 0.2) is 85.1 Å². The SMILES string of the molecule is COCCOCCOCCNC(=O)c1cc(Cc2cc(Oc3ccc(NC(=O)Nc4cc(C(C)(C)C)cc(C(=O)CCCN5CCOCC5)c4OC)c4ccccc34)ccn2)cc(OC)c1.